The van der Waals surface area contributed by atoms with Gasteiger partial charge >= 0.3 is 0 Å². The third-order valence-corrected chi connectivity index (χ3v) is 5.27. The average Bonchev–Trinajstić information content (AvgIpc) is 2.95. The van der Waals surface area contributed by atoms with Crippen molar-refractivity contribution in [3.63, 3.8) is 0 Å². The van der Waals surface area contributed by atoms with E-state index in [1.54, 1.807) is 0 Å². The third-order valence-electron chi connectivity index (χ3n) is 3.84. The van der Waals surface area contributed by atoms with Crippen LogP contribution in [-0.2, 0) is 4.79 Å². The molecule has 1 aromatic carbocycles. The predicted molar refractivity (Wildman–Crippen MR) is 116 cm³/mol. The normalized spacial score (nSPS) is 10.7. The lowest BCUT2D eigenvalue weighted by atomic mass is 10.3. The Balaban J connectivity index is 1.74. The third kappa shape index (κ3) is 5.19. The minimum Gasteiger partial charge on any atom is -0.326 e. The number of nitrogens with zero attached hydrogens (tertiary/aromatic N) is 3. The number of halogens is 1. The minimum atomic E-state index is -0.00374. The van der Waals surface area contributed by atoms with Crippen LogP contribution in [0.2, 0.25) is 0 Å². The van der Waals surface area contributed by atoms with Crippen molar-refractivity contribution in [2.45, 2.75) is 37.2 Å². The van der Waals surface area contributed by atoms with Crippen LogP contribution in [0, 0.1) is 17.5 Å². The first-order valence-electron chi connectivity index (χ1n) is 8.35. The fraction of sp³-hybridized carbons (Fsp3) is 0.222. The lowest BCUT2D eigenvalue weighted by molar-refractivity contribution is -0.115. The summed E-state index contributed by atoms with van der Waals surface area (Å²) in [5.41, 5.74) is 2.86. The Morgan fingerprint density at radius 1 is 1.22 bits per heavy atom. The maximum Gasteiger partial charge on any atom is 0.224 e. The molecule has 0 radical (unpaired) electrons. The summed E-state index contributed by atoms with van der Waals surface area (Å²) in [5.74, 6) is 1.45. The van der Waals surface area contributed by atoms with E-state index in [0.717, 1.165) is 31.4 Å². The highest BCUT2D eigenvalue weighted by Crippen LogP contribution is 2.28. The number of aromatic nitrogens is 4. The summed E-state index contributed by atoms with van der Waals surface area (Å²) in [4.78, 5) is 21.5. The fourth-order valence-corrected chi connectivity index (χ4v) is 3.65. The quantitative estimate of drug-likeness (QED) is 0.262. The molecular formula is C18H19IN6OS. The highest BCUT2D eigenvalue weighted by molar-refractivity contribution is 14.1. The predicted octanol–water partition coefficient (Wildman–Crippen LogP) is 4.66. The first-order valence-corrected chi connectivity index (χ1v) is 10.2. The molecule has 0 bridgehead atoms. The van der Waals surface area contributed by atoms with Gasteiger partial charge in [0.05, 0.1) is 0 Å². The molecule has 3 aromatic rings. The molecule has 2 aromatic heterocycles. The molecule has 0 atom stereocenters. The summed E-state index contributed by atoms with van der Waals surface area (Å²) in [6.07, 6.45) is 0.456. The van der Waals surface area contributed by atoms with Crippen LogP contribution in [0.25, 0.3) is 0 Å². The van der Waals surface area contributed by atoms with Gasteiger partial charge in [-0.2, -0.15) is 5.10 Å². The fourth-order valence-electron chi connectivity index (χ4n) is 2.20. The van der Waals surface area contributed by atoms with Crippen LogP contribution in [-0.4, -0.2) is 26.1 Å². The van der Waals surface area contributed by atoms with Crippen molar-refractivity contribution < 1.29 is 4.79 Å². The Morgan fingerprint density at radius 3 is 2.59 bits per heavy atom. The number of nitrogens with one attached hydrogen (secondary N) is 3. The largest absolute Gasteiger partial charge is 0.326 e. The zero-order valence-electron chi connectivity index (χ0n) is 15.1. The van der Waals surface area contributed by atoms with Gasteiger partial charge in [0.15, 0.2) is 11.0 Å². The number of hydrogen-bond acceptors (Lipinski definition) is 6. The van der Waals surface area contributed by atoms with Crippen molar-refractivity contribution in [2.24, 2.45) is 0 Å². The lowest BCUT2D eigenvalue weighted by Gasteiger charge is -2.08. The maximum absolute atomic E-state index is 11.5. The second-order valence-electron chi connectivity index (χ2n) is 5.83. The number of anilines is 3. The van der Waals surface area contributed by atoms with Gasteiger partial charge < -0.3 is 10.6 Å². The second-order valence-corrected chi connectivity index (χ2v) is 7.98. The van der Waals surface area contributed by atoms with E-state index in [9.17, 15) is 4.79 Å². The summed E-state index contributed by atoms with van der Waals surface area (Å²) in [6.45, 7) is 5.80. The summed E-state index contributed by atoms with van der Waals surface area (Å²) < 4.78 is 0.837. The Hall–Kier alpha value is -2.14. The van der Waals surface area contributed by atoms with Crippen LogP contribution < -0.4 is 10.6 Å². The number of H-pyrrole nitrogens is 1. The number of amides is 1. The van der Waals surface area contributed by atoms with Crippen molar-refractivity contribution >= 4 is 57.6 Å². The number of hydrogen-bond donors (Lipinski definition) is 3. The summed E-state index contributed by atoms with van der Waals surface area (Å²) >= 11 is 3.63. The van der Waals surface area contributed by atoms with Crippen molar-refractivity contribution in [1.29, 1.82) is 0 Å². The molecule has 7 nitrogen and oxygen atoms in total. The molecule has 0 aliphatic carbocycles. The van der Waals surface area contributed by atoms with Gasteiger partial charge in [-0.15, -0.1) is 0 Å². The molecule has 1 amide bonds. The Kier molecular flexibility index (Phi) is 6.32. The van der Waals surface area contributed by atoms with Crippen LogP contribution in [0.4, 0.5) is 17.3 Å². The van der Waals surface area contributed by atoms with Gasteiger partial charge in [-0.3, -0.25) is 9.89 Å². The molecule has 27 heavy (non-hydrogen) atoms. The molecule has 3 rings (SSSR count). The summed E-state index contributed by atoms with van der Waals surface area (Å²) in [6, 6.07) is 9.50. The first kappa shape index (κ1) is 19.6. The monoisotopic (exact) mass is 494 g/mol. The first-order chi connectivity index (χ1) is 12.9. The van der Waals surface area contributed by atoms with Crippen molar-refractivity contribution in [2.75, 3.05) is 10.6 Å². The van der Waals surface area contributed by atoms with Gasteiger partial charge in [-0.25, -0.2) is 9.97 Å². The van der Waals surface area contributed by atoms with Gasteiger partial charge in [0, 0.05) is 34.3 Å². The van der Waals surface area contributed by atoms with Crippen molar-refractivity contribution in [3.8, 4) is 0 Å². The van der Waals surface area contributed by atoms with Crippen LogP contribution in [0.15, 0.2) is 40.4 Å². The number of carbonyl (C=O) groups excluding carboxylic acids is 1. The average molecular weight is 494 g/mol. The van der Waals surface area contributed by atoms with Gasteiger partial charge in [0.1, 0.15) is 9.52 Å². The van der Waals surface area contributed by atoms with Crippen LogP contribution >= 0.6 is 34.4 Å². The molecule has 0 aliphatic rings. The molecule has 0 spiro atoms. The van der Waals surface area contributed by atoms with E-state index in [1.165, 1.54) is 11.8 Å². The second kappa shape index (κ2) is 8.70. The number of rotatable bonds is 6. The molecule has 0 saturated carbocycles. The Morgan fingerprint density at radius 2 is 1.96 bits per heavy atom. The molecule has 2 heterocycles. The van der Waals surface area contributed by atoms with E-state index < -0.39 is 0 Å². The van der Waals surface area contributed by atoms with E-state index in [-0.39, 0.29) is 5.91 Å². The SMILES string of the molecule is CCC(=O)Nc1ccc(Sc2nc(I)cc(Nc3n[nH]c(C)c3C)n2)cc1. The van der Waals surface area contributed by atoms with E-state index in [2.05, 4.69) is 53.4 Å². The van der Waals surface area contributed by atoms with E-state index in [1.807, 2.05) is 51.1 Å². The van der Waals surface area contributed by atoms with Gasteiger partial charge in [0.25, 0.3) is 0 Å². The smallest absolute Gasteiger partial charge is 0.224 e. The minimum absolute atomic E-state index is 0.00374. The maximum atomic E-state index is 11.5. The highest BCUT2D eigenvalue weighted by atomic mass is 127. The van der Waals surface area contributed by atoms with E-state index in [4.69, 9.17) is 0 Å². The molecule has 3 N–H and O–H groups in total. The van der Waals surface area contributed by atoms with Crippen LogP contribution in [0.3, 0.4) is 0 Å². The lowest BCUT2D eigenvalue weighted by Crippen LogP contribution is -2.08. The molecule has 0 fully saturated rings. The molecular weight excluding hydrogens is 475 g/mol. The molecule has 0 saturated heterocycles. The van der Waals surface area contributed by atoms with Gasteiger partial charge in [-0.05, 0) is 72.5 Å². The molecule has 0 aliphatic heterocycles. The standard InChI is InChI=1S/C18H19IN6OS/c1-4-16(26)20-12-5-7-13(8-6-12)27-18-21-14(19)9-15(23-18)22-17-10(2)11(3)24-25-17/h5-9H,4H2,1-3H3,(H,20,26)(H2,21,22,23,24,25). The molecule has 140 valence electrons. The number of carbonyl (C=O) groups is 1. The summed E-state index contributed by atoms with van der Waals surface area (Å²) in [7, 11) is 0. The highest BCUT2D eigenvalue weighted by Gasteiger charge is 2.10. The molecule has 0 unspecified atom stereocenters. The van der Waals surface area contributed by atoms with E-state index in [0.29, 0.717) is 17.4 Å². The number of benzene rings is 1. The molecule has 9 heteroatoms. The topological polar surface area (TPSA) is 95.6 Å². The summed E-state index contributed by atoms with van der Waals surface area (Å²) in [5, 5.41) is 13.9. The van der Waals surface area contributed by atoms with Crippen LogP contribution in [0.5, 0.6) is 0 Å². The van der Waals surface area contributed by atoms with Gasteiger partial charge in [-0.1, -0.05) is 6.92 Å². The Bertz CT molecular complexity index is 957. The number of aryl methyl sites for hydroxylation is 1. The van der Waals surface area contributed by atoms with E-state index >= 15 is 0 Å². The van der Waals surface area contributed by atoms with Crippen molar-refractivity contribution in [1.82, 2.24) is 20.2 Å². The van der Waals surface area contributed by atoms with Gasteiger partial charge in [0.2, 0.25) is 5.91 Å². The Labute approximate surface area is 175 Å². The van der Waals surface area contributed by atoms with Crippen molar-refractivity contribution in [3.05, 3.63) is 45.3 Å². The zero-order chi connectivity index (χ0) is 19.4. The number of aromatic amines is 1. The zero-order valence-corrected chi connectivity index (χ0v) is 18.1. The van der Waals surface area contributed by atoms with Crippen LogP contribution in [0.1, 0.15) is 24.6 Å².